The molecule has 2 rings (SSSR count). The van der Waals surface area contributed by atoms with Crippen LogP contribution in [0.15, 0.2) is 0 Å². The summed E-state index contributed by atoms with van der Waals surface area (Å²) in [5, 5.41) is 2.11. The van der Waals surface area contributed by atoms with Crippen LogP contribution in [0.5, 0.6) is 0 Å². The van der Waals surface area contributed by atoms with Crippen molar-refractivity contribution in [1.82, 2.24) is 9.62 Å². The summed E-state index contributed by atoms with van der Waals surface area (Å²) in [5.74, 6) is -1.34. The lowest BCUT2D eigenvalue weighted by Crippen LogP contribution is -2.59. The first-order valence-electron chi connectivity index (χ1n) is 5.85. The predicted octanol–water partition coefficient (Wildman–Crippen LogP) is -1.16. The van der Waals surface area contributed by atoms with Crippen LogP contribution in [-0.4, -0.2) is 55.6 Å². The highest BCUT2D eigenvalue weighted by Crippen LogP contribution is 2.18. The van der Waals surface area contributed by atoms with E-state index in [9.17, 15) is 18.0 Å². The van der Waals surface area contributed by atoms with E-state index in [-0.39, 0.29) is 18.4 Å². The van der Waals surface area contributed by atoms with Crippen molar-refractivity contribution in [2.24, 2.45) is 0 Å². The molecule has 2 aliphatic rings. The molecule has 2 saturated heterocycles. The smallest absolute Gasteiger partial charge is 0.244 e. The maximum absolute atomic E-state index is 12.2. The Bertz CT molecular complexity index is 455. The molecule has 1 N–H and O–H groups in total. The number of sulfonamides is 1. The number of hydrogen-bond acceptors (Lipinski definition) is 5. The molecule has 2 amide bonds. The Morgan fingerprint density at radius 1 is 1.44 bits per heavy atom. The van der Waals surface area contributed by atoms with Crippen molar-refractivity contribution in [1.29, 1.82) is 0 Å². The summed E-state index contributed by atoms with van der Waals surface area (Å²) in [6.07, 6.45) is 1.21. The van der Waals surface area contributed by atoms with Crippen LogP contribution in [0, 0.1) is 0 Å². The second-order valence-corrected chi connectivity index (χ2v) is 6.51. The first kappa shape index (κ1) is 13.4. The van der Waals surface area contributed by atoms with Gasteiger partial charge in [-0.05, 0) is 19.8 Å². The van der Waals surface area contributed by atoms with E-state index in [1.54, 1.807) is 0 Å². The fourth-order valence-corrected chi connectivity index (χ4v) is 3.95. The Hall–Kier alpha value is -0.990. The quantitative estimate of drug-likeness (QED) is 0.657. The maximum atomic E-state index is 12.2. The van der Waals surface area contributed by atoms with E-state index >= 15 is 0 Å². The highest BCUT2D eigenvalue weighted by molar-refractivity contribution is 7.89. The van der Waals surface area contributed by atoms with Gasteiger partial charge < -0.3 is 4.74 Å². The molecule has 18 heavy (non-hydrogen) atoms. The van der Waals surface area contributed by atoms with Gasteiger partial charge in [-0.15, -0.1) is 0 Å². The summed E-state index contributed by atoms with van der Waals surface area (Å²) in [6, 6.07) is -0.853. The zero-order valence-corrected chi connectivity index (χ0v) is 10.9. The molecule has 102 valence electrons. The monoisotopic (exact) mass is 276 g/mol. The van der Waals surface area contributed by atoms with Gasteiger partial charge in [0.05, 0.1) is 18.4 Å². The number of amides is 2. The summed E-state index contributed by atoms with van der Waals surface area (Å²) >= 11 is 0. The Morgan fingerprint density at radius 2 is 2.17 bits per heavy atom. The standard InChI is InChI=1S/C10H16N2O5S/c1-7-10(14)11-9(13)5-12(7)18(15,16)6-8-3-2-4-17-8/h7-8H,2-6H2,1H3,(H,11,13,14). The Labute approximate surface area is 106 Å². The number of nitrogens with zero attached hydrogens (tertiary/aromatic N) is 1. The molecule has 2 unspecified atom stereocenters. The number of carbonyl (C=O) groups is 2. The van der Waals surface area contributed by atoms with Crippen LogP contribution in [0.1, 0.15) is 19.8 Å². The normalized spacial score (nSPS) is 30.5. The lowest BCUT2D eigenvalue weighted by atomic mass is 10.2. The summed E-state index contributed by atoms with van der Waals surface area (Å²) in [7, 11) is -3.66. The molecule has 2 fully saturated rings. The minimum absolute atomic E-state index is 0.169. The number of hydrogen-bond donors (Lipinski definition) is 1. The van der Waals surface area contributed by atoms with Crippen molar-refractivity contribution in [3.63, 3.8) is 0 Å². The topological polar surface area (TPSA) is 92.8 Å². The highest BCUT2D eigenvalue weighted by Gasteiger charge is 2.39. The lowest BCUT2D eigenvalue weighted by molar-refractivity contribution is -0.136. The van der Waals surface area contributed by atoms with Crippen molar-refractivity contribution in [2.45, 2.75) is 31.9 Å². The van der Waals surface area contributed by atoms with Gasteiger partial charge in [0.25, 0.3) is 0 Å². The molecule has 2 heterocycles. The van der Waals surface area contributed by atoms with Crippen LogP contribution >= 0.6 is 0 Å². The van der Waals surface area contributed by atoms with Gasteiger partial charge in [-0.25, -0.2) is 8.42 Å². The number of piperazine rings is 1. The summed E-state index contributed by atoms with van der Waals surface area (Å²) in [6.45, 7) is 1.73. The predicted molar refractivity (Wildman–Crippen MR) is 62.1 cm³/mol. The fraction of sp³-hybridized carbons (Fsp3) is 0.800. The second kappa shape index (κ2) is 4.94. The summed E-state index contributed by atoms with van der Waals surface area (Å²) < 4.78 is 30.5. The average Bonchev–Trinajstić information content (AvgIpc) is 2.75. The first-order chi connectivity index (χ1) is 8.40. The van der Waals surface area contributed by atoms with Crippen LogP contribution in [0.25, 0.3) is 0 Å². The van der Waals surface area contributed by atoms with Crippen molar-refractivity contribution in [3.05, 3.63) is 0 Å². The second-order valence-electron chi connectivity index (χ2n) is 4.55. The number of rotatable bonds is 3. The summed E-state index contributed by atoms with van der Waals surface area (Å²) in [5.41, 5.74) is 0. The molecular formula is C10H16N2O5S. The Morgan fingerprint density at radius 3 is 2.78 bits per heavy atom. The molecule has 7 nitrogen and oxygen atoms in total. The molecule has 2 atom stereocenters. The number of imide groups is 1. The first-order valence-corrected chi connectivity index (χ1v) is 7.46. The molecule has 0 saturated carbocycles. The van der Waals surface area contributed by atoms with E-state index in [1.807, 2.05) is 0 Å². The molecule has 0 radical (unpaired) electrons. The van der Waals surface area contributed by atoms with E-state index in [2.05, 4.69) is 5.32 Å². The summed E-state index contributed by atoms with van der Waals surface area (Å²) in [4.78, 5) is 22.7. The van der Waals surface area contributed by atoms with Gasteiger partial charge in [0.1, 0.15) is 6.04 Å². The van der Waals surface area contributed by atoms with Crippen LogP contribution in [0.2, 0.25) is 0 Å². The molecule has 0 spiro atoms. The van der Waals surface area contributed by atoms with Crippen molar-refractivity contribution in [2.75, 3.05) is 18.9 Å². The maximum Gasteiger partial charge on any atom is 0.244 e. The number of nitrogens with one attached hydrogen (secondary N) is 1. The Balaban J connectivity index is 2.12. The number of carbonyl (C=O) groups excluding carboxylic acids is 2. The SMILES string of the molecule is CC1C(=O)NC(=O)CN1S(=O)(=O)CC1CCCO1. The van der Waals surface area contributed by atoms with Gasteiger partial charge in [-0.3, -0.25) is 14.9 Å². The molecule has 0 aromatic rings. The molecule has 0 aromatic carbocycles. The van der Waals surface area contributed by atoms with Crippen LogP contribution in [0.3, 0.4) is 0 Å². The van der Waals surface area contributed by atoms with Crippen LogP contribution in [0.4, 0.5) is 0 Å². The highest BCUT2D eigenvalue weighted by atomic mass is 32.2. The Kier molecular flexibility index (Phi) is 3.69. The number of ether oxygens (including phenoxy) is 1. The van der Waals surface area contributed by atoms with Gasteiger partial charge in [-0.1, -0.05) is 0 Å². The van der Waals surface area contributed by atoms with E-state index in [0.717, 1.165) is 10.7 Å². The van der Waals surface area contributed by atoms with Gasteiger partial charge in [-0.2, -0.15) is 4.31 Å². The van der Waals surface area contributed by atoms with Gasteiger partial charge in [0.15, 0.2) is 0 Å². The van der Waals surface area contributed by atoms with Gasteiger partial charge in [0, 0.05) is 6.61 Å². The molecule has 8 heteroatoms. The van der Waals surface area contributed by atoms with Crippen LogP contribution in [-0.2, 0) is 24.3 Å². The van der Waals surface area contributed by atoms with Crippen molar-refractivity contribution < 1.29 is 22.7 Å². The molecular weight excluding hydrogens is 260 g/mol. The van der Waals surface area contributed by atoms with Crippen molar-refractivity contribution >= 4 is 21.8 Å². The zero-order chi connectivity index (χ0) is 13.3. The minimum Gasteiger partial charge on any atom is -0.377 e. The molecule has 0 aliphatic carbocycles. The van der Waals surface area contributed by atoms with Gasteiger partial charge in [0.2, 0.25) is 21.8 Å². The van der Waals surface area contributed by atoms with E-state index < -0.39 is 27.9 Å². The fourth-order valence-electron chi connectivity index (χ4n) is 2.14. The lowest BCUT2D eigenvalue weighted by Gasteiger charge is -2.31. The molecule has 0 bridgehead atoms. The minimum atomic E-state index is -3.66. The molecule has 0 aromatic heterocycles. The van der Waals surface area contributed by atoms with Crippen molar-refractivity contribution in [3.8, 4) is 0 Å². The van der Waals surface area contributed by atoms with E-state index in [0.29, 0.717) is 13.0 Å². The molecule has 2 aliphatic heterocycles. The zero-order valence-electron chi connectivity index (χ0n) is 10.1. The van der Waals surface area contributed by atoms with Crippen LogP contribution < -0.4 is 5.32 Å². The van der Waals surface area contributed by atoms with Gasteiger partial charge >= 0.3 is 0 Å². The average molecular weight is 276 g/mol. The van der Waals surface area contributed by atoms with E-state index in [4.69, 9.17) is 4.74 Å². The third-order valence-electron chi connectivity index (χ3n) is 3.15. The third-order valence-corrected chi connectivity index (χ3v) is 5.10. The van der Waals surface area contributed by atoms with E-state index in [1.165, 1.54) is 6.92 Å². The third kappa shape index (κ3) is 2.70. The largest absolute Gasteiger partial charge is 0.377 e.